The molecule has 3 aromatic rings. The molecule has 0 N–H and O–H groups in total. The van der Waals surface area contributed by atoms with Gasteiger partial charge in [-0.25, -0.2) is 0 Å². The fraction of sp³-hybridized carbons (Fsp3) is 0.174. The average molecular weight is 407 g/mol. The maximum Gasteiger partial charge on any atom is 0.237 e. The van der Waals surface area contributed by atoms with Gasteiger partial charge in [0.2, 0.25) is 12.7 Å². The summed E-state index contributed by atoms with van der Waals surface area (Å²) < 4.78 is 16.2. The van der Waals surface area contributed by atoms with Crippen LogP contribution < -0.4 is 19.1 Å². The normalized spacial score (nSPS) is 11.9. The maximum atomic E-state index is 13.2. The zero-order chi connectivity index (χ0) is 20.1. The average Bonchev–Trinajstić information content (AvgIpc) is 3.24. The summed E-state index contributed by atoms with van der Waals surface area (Å²) in [5.41, 5.74) is 1.76. The molecule has 5 nitrogen and oxygen atoms in total. The van der Waals surface area contributed by atoms with E-state index in [1.165, 1.54) is 11.8 Å². The minimum Gasteiger partial charge on any atom is -0.497 e. The standard InChI is InChI=1S/C23H21NO4S/c1-26-19-7-5-6-18(13-19)24(23(25)15-29-20-8-3-2-4-9-20)14-17-10-11-21-22(12-17)28-16-27-21/h2-13H,14-16H2,1H3. The Balaban J connectivity index is 1.57. The topological polar surface area (TPSA) is 48.0 Å². The Bertz CT molecular complexity index is 993. The fourth-order valence-electron chi connectivity index (χ4n) is 3.06. The number of methoxy groups -OCH3 is 1. The molecule has 0 atom stereocenters. The van der Waals surface area contributed by atoms with Crippen LogP contribution in [0.3, 0.4) is 0 Å². The zero-order valence-electron chi connectivity index (χ0n) is 16.0. The molecule has 4 rings (SSSR count). The summed E-state index contributed by atoms with van der Waals surface area (Å²) in [5, 5.41) is 0. The molecule has 0 aromatic heterocycles. The first-order valence-corrected chi connectivity index (χ1v) is 10.2. The van der Waals surface area contributed by atoms with Crippen LogP contribution in [0.15, 0.2) is 77.7 Å². The zero-order valence-corrected chi connectivity index (χ0v) is 16.9. The number of anilines is 1. The van der Waals surface area contributed by atoms with Crippen molar-refractivity contribution in [2.45, 2.75) is 11.4 Å². The Morgan fingerprint density at radius 3 is 2.66 bits per heavy atom. The van der Waals surface area contributed by atoms with Gasteiger partial charge in [0, 0.05) is 16.6 Å². The van der Waals surface area contributed by atoms with Crippen LogP contribution in [-0.4, -0.2) is 25.6 Å². The number of carbonyl (C=O) groups is 1. The molecule has 0 saturated heterocycles. The van der Waals surface area contributed by atoms with Crippen LogP contribution in [0, 0.1) is 0 Å². The number of carbonyl (C=O) groups excluding carboxylic acids is 1. The third-order valence-corrected chi connectivity index (χ3v) is 5.55. The smallest absolute Gasteiger partial charge is 0.237 e. The Morgan fingerprint density at radius 2 is 1.83 bits per heavy atom. The van der Waals surface area contributed by atoms with Crippen LogP contribution in [0.25, 0.3) is 0 Å². The molecule has 1 aliphatic rings. The fourth-order valence-corrected chi connectivity index (χ4v) is 3.86. The highest BCUT2D eigenvalue weighted by molar-refractivity contribution is 8.00. The lowest BCUT2D eigenvalue weighted by Crippen LogP contribution is -2.31. The van der Waals surface area contributed by atoms with Crippen molar-refractivity contribution in [3.8, 4) is 17.2 Å². The number of rotatable bonds is 7. The van der Waals surface area contributed by atoms with Gasteiger partial charge in [0.15, 0.2) is 11.5 Å². The lowest BCUT2D eigenvalue weighted by molar-refractivity contribution is -0.116. The Kier molecular flexibility index (Phi) is 5.91. The van der Waals surface area contributed by atoms with E-state index in [0.29, 0.717) is 23.8 Å². The highest BCUT2D eigenvalue weighted by Gasteiger charge is 2.20. The summed E-state index contributed by atoms with van der Waals surface area (Å²) in [5.74, 6) is 2.50. The molecule has 0 unspecified atom stereocenters. The summed E-state index contributed by atoms with van der Waals surface area (Å²) >= 11 is 1.52. The van der Waals surface area contributed by atoms with Gasteiger partial charge >= 0.3 is 0 Å². The van der Waals surface area contributed by atoms with E-state index in [1.54, 1.807) is 12.0 Å². The molecule has 0 spiro atoms. The van der Waals surface area contributed by atoms with Crippen LogP contribution in [-0.2, 0) is 11.3 Å². The Hall–Kier alpha value is -3.12. The van der Waals surface area contributed by atoms with Crippen molar-refractivity contribution in [1.82, 2.24) is 0 Å². The number of benzene rings is 3. The maximum absolute atomic E-state index is 13.2. The molecule has 148 valence electrons. The molecule has 0 fully saturated rings. The van der Waals surface area contributed by atoms with E-state index in [-0.39, 0.29) is 12.7 Å². The molecule has 1 amide bonds. The molecule has 0 aliphatic carbocycles. The van der Waals surface area contributed by atoms with Gasteiger partial charge < -0.3 is 19.1 Å². The first-order valence-electron chi connectivity index (χ1n) is 9.24. The van der Waals surface area contributed by atoms with Crippen LogP contribution >= 0.6 is 11.8 Å². The SMILES string of the molecule is COc1cccc(N(Cc2ccc3c(c2)OCO3)C(=O)CSc2ccccc2)c1. The van der Waals surface area contributed by atoms with Gasteiger partial charge in [-0.15, -0.1) is 11.8 Å². The van der Waals surface area contributed by atoms with Crippen LogP contribution in [0.1, 0.15) is 5.56 Å². The van der Waals surface area contributed by atoms with Crippen LogP contribution in [0.2, 0.25) is 0 Å². The predicted octanol–water partition coefficient (Wildman–Crippen LogP) is 4.75. The van der Waals surface area contributed by atoms with E-state index in [4.69, 9.17) is 14.2 Å². The first kappa shape index (κ1) is 19.2. The molecule has 0 bridgehead atoms. The molecule has 29 heavy (non-hydrogen) atoms. The largest absolute Gasteiger partial charge is 0.497 e. The van der Waals surface area contributed by atoms with Gasteiger partial charge in [-0.2, -0.15) is 0 Å². The minimum absolute atomic E-state index is 0.0183. The molecule has 0 saturated carbocycles. The molecular weight excluding hydrogens is 386 g/mol. The van der Waals surface area contributed by atoms with Crippen molar-refractivity contribution in [3.05, 3.63) is 78.4 Å². The van der Waals surface area contributed by atoms with Crippen LogP contribution in [0.4, 0.5) is 5.69 Å². The molecule has 3 aromatic carbocycles. The predicted molar refractivity (Wildman–Crippen MR) is 114 cm³/mol. The third-order valence-electron chi connectivity index (χ3n) is 4.55. The van der Waals surface area contributed by atoms with Crippen molar-refractivity contribution in [1.29, 1.82) is 0 Å². The highest BCUT2D eigenvalue weighted by atomic mass is 32.2. The van der Waals surface area contributed by atoms with Crippen molar-refractivity contribution in [2.75, 3.05) is 24.6 Å². The van der Waals surface area contributed by atoms with Crippen molar-refractivity contribution >= 4 is 23.4 Å². The molecule has 1 heterocycles. The van der Waals surface area contributed by atoms with Gasteiger partial charge in [-0.3, -0.25) is 4.79 Å². The number of amides is 1. The monoisotopic (exact) mass is 407 g/mol. The van der Waals surface area contributed by atoms with Crippen molar-refractivity contribution in [3.63, 3.8) is 0 Å². The molecule has 0 radical (unpaired) electrons. The second-order valence-corrected chi connectivity index (χ2v) is 7.52. The van der Waals surface area contributed by atoms with Crippen molar-refractivity contribution < 1.29 is 19.0 Å². The van der Waals surface area contributed by atoms with E-state index in [1.807, 2.05) is 72.8 Å². The summed E-state index contributed by atoms with van der Waals surface area (Å²) in [6.07, 6.45) is 0. The number of thioether (sulfide) groups is 1. The van der Waals surface area contributed by atoms with E-state index in [9.17, 15) is 4.79 Å². The lowest BCUT2D eigenvalue weighted by Gasteiger charge is -2.23. The first-order chi connectivity index (χ1) is 14.2. The van der Waals surface area contributed by atoms with E-state index >= 15 is 0 Å². The molecular formula is C23H21NO4S. The van der Waals surface area contributed by atoms with Gasteiger partial charge in [0.05, 0.1) is 19.4 Å². The number of hydrogen-bond acceptors (Lipinski definition) is 5. The number of fused-ring (bicyclic) bond motifs is 1. The molecule has 6 heteroatoms. The van der Waals surface area contributed by atoms with Gasteiger partial charge in [0.25, 0.3) is 0 Å². The Morgan fingerprint density at radius 1 is 1.00 bits per heavy atom. The van der Waals surface area contributed by atoms with Gasteiger partial charge in [0.1, 0.15) is 5.75 Å². The summed E-state index contributed by atoms with van der Waals surface area (Å²) in [6.45, 7) is 0.656. The van der Waals surface area contributed by atoms with Crippen molar-refractivity contribution in [2.24, 2.45) is 0 Å². The summed E-state index contributed by atoms with van der Waals surface area (Å²) in [4.78, 5) is 16.0. The minimum atomic E-state index is 0.0183. The number of ether oxygens (including phenoxy) is 3. The van der Waals surface area contributed by atoms with Crippen LogP contribution in [0.5, 0.6) is 17.2 Å². The second-order valence-electron chi connectivity index (χ2n) is 6.47. The van der Waals surface area contributed by atoms with E-state index in [0.717, 1.165) is 21.9 Å². The van der Waals surface area contributed by atoms with Gasteiger partial charge in [-0.1, -0.05) is 30.3 Å². The lowest BCUT2D eigenvalue weighted by atomic mass is 10.1. The summed E-state index contributed by atoms with van der Waals surface area (Å²) in [7, 11) is 1.62. The van der Waals surface area contributed by atoms with E-state index < -0.39 is 0 Å². The summed E-state index contributed by atoms with van der Waals surface area (Å²) in [6, 6.07) is 23.2. The Labute approximate surface area is 174 Å². The number of hydrogen-bond donors (Lipinski definition) is 0. The highest BCUT2D eigenvalue weighted by Crippen LogP contribution is 2.33. The van der Waals surface area contributed by atoms with E-state index in [2.05, 4.69) is 0 Å². The third kappa shape index (κ3) is 4.66. The number of nitrogens with zero attached hydrogens (tertiary/aromatic N) is 1. The molecule has 1 aliphatic heterocycles. The second kappa shape index (κ2) is 8.92. The van der Waals surface area contributed by atoms with Gasteiger partial charge in [-0.05, 0) is 42.0 Å². The quantitative estimate of drug-likeness (QED) is 0.529.